The Kier molecular flexibility index (Phi) is 7.38. The number of carbonyl (C=O) groups excluding carboxylic acids is 2. The van der Waals surface area contributed by atoms with Gasteiger partial charge in [-0.15, -0.1) is 0 Å². The van der Waals surface area contributed by atoms with E-state index in [0.717, 1.165) is 30.7 Å². The molecule has 1 heterocycles. The van der Waals surface area contributed by atoms with Gasteiger partial charge in [-0.1, -0.05) is 0 Å². The number of rotatable bonds is 11. The number of likely N-dealkylation sites (tertiary alicyclic amines) is 1. The molecule has 0 N–H and O–H groups in total. The predicted molar refractivity (Wildman–Crippen MR) is 116 cm³/mol. The molecule has 5 aliphatic rings. The summed E-state index contributed by atoms with van der Waals surface area (Å²) in [5.41, 5.74) is 0.229. The number of ether oxygens (including phenoxy) is 2. The van der Waals surface area contributed by atoms with Gasteiger partial charge in [-0.2, -0.15) is 0 Å². The van der Waals surface area contributed by atoms with Crippen molar-refractivity contribution in [3.8, 4) is 0 Å². The smallest absolute Gasteiger partial charge is 0.306 e. The largest absolute Gasteiger partial charge is 0.466 e. The van der Waals surface area contributed by atoms with Gasteiger partial charge in [0, 0.05) is 6.42 Å². The van der Waals surface area contributed by atoms with Gasteiger partial charge in [0.2, 0.25) is 0 Å². The van der Waals surface area contributed by atoms with E-state index in [4.69, 9.17) is 9.47 Å². The molecule has 30 heavy (non-hydrogen) atoms. The zero-order chi connectivity index (χ0) is 21.0. The van der Waals surface area contributed by atoms with Crippen molar-refractivity contribution in [1.29, 1.82) is 0 Å². The molecule has 5 rings (SSSR count). The van der Waals surface area contributed by atoms with Crippen LogP contribution in [-0.4, -0.2) is 49.7 Å². The summed E-state index contributed by atoms with van der Waals surface area (Å²) in [5, 5.41) is 0. The Hall–Kier alpha value is -1.10. The second-order valence-electron chi connectivity index (χ2n) is 10.8. The molecular weight excluding hydrogens is 378 g/mol. The summed E-state index contributed by atoms with van der Waals surface area (Å²) >= 11 is 0. The average Bonchev–Trinajstić information content (AvgIpc) is 3.18. The Labute approximate surface area is 182 Å². The van der Waals surface area contributed by atoms with Gasteiger partial charge in [0.25, 0.3) is 0 Å². The molecule has 5 fully saturated rings. The van der Waals surface area contributed by atoms with Crippen LogP contribution in [-0.2, 0) is 19.1 Å². The molecule has 5 nitrogen and oxygen atoms in total. The van der Waals surface area contributed by atoms with Crippen LogP contribution in [0.1, 0.15) is 77.0 Å². The van der Waals surface area contributed by atoms with Crippen LogP contribution in [0.15, 0.2) is 0 Å². The molecule has 0 amide bonds. The molecule has 1 radical (unpaired) electrons. The highest BCUT2D eigenvalue weighted by molar-refractivity contribution is 5.70. The SMILES string of the molecule is [CH2]C(CCOC(=O)CCCN1CCCC1)COC(=O)CC12CC3CC(CC(C3)C1)C2. The fraction of sp³-hybridized carbons (Fsp3) is 0.880. The highest BCUT2D eigenvalue weighted by Crippen LogP contribution is 2.61. The van der Waals surface area contributed by atoms with E-state index < -0.39 is 0 Å². The summed E-state index contributed by atoms with van der Waals surface area (Å²) in [6.45, 7) is 8.09. The Morgan fingerprint density at radius 3 is 2.23 bits per heavy atom. The zero-order valence-electron chi connectivity index (χ0n) is 18.6. The topological polar surface area (TPSA) is 55.8 Å². The lowest BCUT2D eigenvalue weighted by atomic mass is 9.49. The Morgan fingerprint density at radius 2 is 1.60 bits per heavy atom. The van der Waals surface area contributed by atoms with Gasteiger partial charge in [-0.25, -0.2) is 0 Å². The van der Waals surface area contributed by atoms with Crippen molar-refractivity contribution < 1.29 is 19.1 Å². The molecule has 5 heteroatoms. The second-order valence-corrected chi connectivity index (χ2v) is 10.8. The summed E-state index contributed by atoms with van der Waals surface area (Å²) in [6.07, 6.45) is 13.0. The van der Waals surface area contributed by atoms with E-state index in [1.54, 1.807) is 0 Å². The molecule has 1 unspecified atom stereocenters. The minimum absolute atomic E-state index is 0.0253. The van der Waals surface area contributed by atoms with Gasteiger partial charge in [-0.3, -0.25) is 9.59 Å². The summed E-state index contributed by atoms with van der Waals surface area (Å²) in [4.78, 5) is 26.8. The monoisotopic (exact) mass is 418 g/mol. The van der Waals surface area contributed by atoms with Crippen LogP contribution < -0.4 is 0 Å². The van der Waals surface area contributed by atoms with Crippen molar-refractivity contribution in [2.45, 2.75) is 77.0 Å². The first-order valence-electron chi connectivity index (χ1n) is 12.4. The standard InChI is InChI=1S/C25H40NO4/c1-19(6-10-29-23(27)5-4-9-26-7-2-3-8-26)18-30-24(28)17-25-14-20-11-21(15-25)13-22(12-20)16-25/h19-22H,1-18H2. The van der Waals surface area contributed by atoms with Crippen molar-refractivity contribution in [3.63, 3.8) is 0 Å². The van der Waals surface area contributed by atoms with Crippen LogP contribution in [0.2, 0.25) is 0 Å². The molecule has 1 atom stereocenters. The number of carbonyl (C=O) groups is 2. The lowest BCUT2D eigenvalue weighted by Gasteiger charge is -2.56. The number of esters is 2. The number of hydrogen-bond donors (Lipinski definition) is 0. The highest BCUT2D eigenvalue weighted by Gasteiger charge is 2.51. The third kappa shape index (κ3) is 5.99. The molecule has 169 valence electrons. The lowest BCUT2D eigenvalue weighted by Crippen LogP contribution is -2.47. The maximum absolute atomic E-state index is 12.5. The third-order valence-corrected chi connectivity index (χ3v) is 8.01. The molecule has 1 aliphatic heterocycles. The van der Waals surface area contributed by atoms with Gasteiger partial charge < -0.3 is 14.4 Å². The zero-order valence-corrected chi connectivity index (χ0v) is 18.6. The van der Waals surface area contributed by atoms with Crippen molar-refractivity contribution >= 4 is 11.9 Å². The minimum atomic E-state index is -0.125. The van der Waals surface area contributed by atoms with E-state index in [0.29, 0.717) is 32.5 Å². The summed E-state index contributed by atoms with van der Waals surface area (Å²) in [5.74, 6) is 2.37. The average molecular weight is 419 g/mol. The van der Waals surface area contributed by atoms with Crippen molar-refractivity contribution in [1.82, 2.24) is 4.90 Å². The third-order valence-electron chi connectivity index (χ3n) is 8.01. The summed E-state index contributed by atoms with van der Waals surface area (Å²) < 4.78 is 10.9. The first-order valence-corrected chi connectivity index (χ1v) is 12.4. The van der Waals surface area contributed by atoms with E-state index in [2.05, 4.69) is 11.8 Å². The highest BCUT2D eigenvalue weighted by atomic mass is 16.5. The van der Waals surface area contributed by atoms with Gasteiger partial charge in [0.15, 0.2) is 0 Å². The van der Waals surface area contributed by atoms with Gasteiger partial charge in [0.05, 0.1) is 19.6 Å². The Balaban J connectivity index is 1.06. The fourth-order valence-electron chi connectivity index (χ4n) is 7.02. The molecular formula is C25H40NO4. The van der Waals surface area contributed by atoms with Gasteiger partial charge in [-0.05, 0) is 120 Å². The normalized spacial score (nSPS) is 33.6. The quantitative estimate of drug-likeness (QED) is 0.466. The molecule has 1 saturated heterocycles. The maximum Gasteiger partial charge on any atom is 0.306 e. The van der Waals surface area contributed by atoms with Gasteiger partial charge in [0.1, 0.15) is 0 Å². The number of hydrogen-bond acceptors (Lipinski definition) is 5. The molecule has 0 aromatic carbocycles. The minimum Gasteiger partial charge on any atom is -0.466 e. The van der Waals surface area contributed by atoms with Crippen LogP contribution >= 0.6 is 0 Å². The summed E-state index contributed by atoms with van der Waals surface area (Å²) in [7, 11) is 0. The van der Waals surface area contributed by atoms with Crippen LogP contribution in [0.25, 0.3) is 0 Å². The molecule has 4 saturated carbocycles. The van der Waals surface area contributed by atoms with Crippen LogP contribution in [0.4, 0.5) is 0 Å². The molecule has 4 aliphatic carbocycles. The summed E-state index contributed by atoms with van der Waals surface area (Å²) in [6, 6.07) is 0. The first-order chi connectivity index (χ1) is 14.5. The lowest BCUT2D eigenvalue weighted by molar-refractivity contribution is -0.153. The molecule has 4 bridgehead atoms. The van der Waals surface area contributed by atoms with E-state index >= 15 is 0 Å². The molecule has 0 aromatic rings. The Morgan fingerprint density at radius 1 is 0.967 bits per heavy atom. The van der Waals surface area contributed by atoms with Crippen LogP contribution in [0, 0.1) is 36.0 Å². The van der Waals surface area contributed by atoms with Crippen molar-refractivity contribution in [2.24, 2.45) is 29.1 Å². The van der Waals surface area contributed by atoms with E-state index in [1.165, 1.54) is 64.5 Å². The predicted octanol–water partition coefficient (Wildman–Crippen LogP) is 4.40. The van der Waals surface area contributed by atoms with Crippen molar-refractivity contribution in [2.75, 3.05) is 32.8 Å². The van der Waals surface area contributed by atoms with Crippen LogP contribution in [0.3, 0.4) is 0 Å². The molecule has 0 aromatic heterocycles. The maximum atomic E-state index is 12.5. The van der Waals surface area contributed by atoms with Crippen LogP contribution in [0.5, 0.6) is 0 Å². The number of nitrogens with zero attached hydrogens (tertiary/aromatic N) is 1. The second kappa shape index (κ2) is 10.0. The van der Waals surface area contributed by atoms with E-state index in [1.807, 2.05) is 0 Å². The Bertz CT molecular complexity index is 563. The first kappa shape index (κ1) is 22.1. The van der Waals surface area contributed by atoms with Gasteiger partial charge >= 0.3 is 11.9 Å². The van der Waals surface area contributed by atoms with E-state index in [-0.39, 0.29) is 23.3 Å². The fourth-order valence-corrected chi connectivity index (χ4v) is 7.02. The molecule has 0 spiro atoms. The van der Waals surface area contributed by atoms with Crippen molar-refractivity contribution in [3.05, 3.63) is 6.92 Å². The van der Waals surface area contributed by atoms with E-state index in [9.17, 15) is 9.59 Å².